The summed E-state index contributed by atoms with van der Waals surface area (Å²) >= 11 is 0. The lowest BCUT2D eigenvalue weighted by molar-refractivity contribution is 0.0722. The molecule has 1 unspecified atom stereocenters. The van der Waals surface area contributed by atoms with Crippen LogP contribution in [0.25, 0.3) is 0 Å². The van der Waals surface area contributed by atoms with Crippen LogP contribution in [0.5, 0.6) is 0 Å². The number of nitrogens with zero attached hydrogens (tertiary/aromatic N) is 3. The van der Waals surface area contributed by atoms with Crippen molar-refractivity contribution in [2.45, 2.75) is 39.2 Å². The molecular weight excluding hydrogens is 268 g/mol. The number of nitrogens with one attached hydrogen (secondary N) is 1. The summed E-state index contributed by atoms with van der Waals surface area (Å²) in [5, 5.41) is 12.7. The van der Waals surface area contributed by atoms with Crippen LogP contribution in [0.15, 0.2) is 0 Å². The maximum absolute atomic E-state index is 9.59. The molecule has 6 heteroatoms. The van der Waals surface area contributed by atoms with Crippen LogP contribution >= 0.6 is 0 Å². The van der Waals surface area contributed by atoms with E-state index in [1.165, 1.54) is 0 Å². The quantitative estimate of drug-likeness (QED) is 0.876. The van der Waals surface area contributed by atoms with Gasteiger partial charge in [-0.25, -0.2) is 9.97 Å². The predicted molar refractivity (Wildman–Crippen MR) is 84.1 cm³/mol. The van der Waals surface area contributed by atoms with E-state index in [1.807, 2.05) is 14.0 Å². The lowest BCUT2D eigenvalue weighted by Gasteiger charge is -2.37. The van der Waals surface area contributed by atoms with E-state index < -0.39 is 0 Å². The predicted octanol–water partition coefficient (Wildman–Crippen LogP) is 1.32. The minimum atomic E-state index is -0.130. The van der Waals surface area contributed by atoms with Gasteiger partial charge in [-0.3, -0.25) is 0 Å². The number of aliphatic hydroxyl groups is 1. The second kappa shape index (κ2) is 6.15. The fourth-order valence-electron chi connectivity index (χ4n) is 2.45. The second-order valence-electron chi connectivity index (χ2n) is 6.45. The van der Waals surface area contributed by atoms with Crippen LogP contribution < -0.4 is 10.2 Å². The Labute approximate surface area is 126 Å². The molecule has 0 radical (unpaired) electrons. The van der Waals surface area contributed by atoms with Gasteiger partial charge in [0.25, 0.3) is 0 Å². The third-order valence-corrected chi connectivity index (χ3v) is 3.74. The van der Waals surface area contributed by atoms with E-state index in [9.17, 15) is 5.11 Å². The normalized spacial score (nSPS) is 19.7. The number of hydrogen-bond donors (Lipinski definition) is 2. The van der Waals surface area contributed by atoms with E-state index in [4.69, 9.17) is 9.72 Å². The first-order valence-corrected chi connectivity index (χ1v) is 7.40. The van der Waals surface area contributed by atoms with Gasteiger partial charge >= 0.3 is 0 Å². The summed E-state index contributed by atoms with van der Waals surface area (Å²) in [4.78, 5) is 11.5. The molecule has 1 aliphatic rings. The molecule has 1 fully saturated rings. The topological polar surface area (TPSA) is 70.5 Å². The minimum Gasteiger partial charge on any atom is -0.394 e. The van der Waals surface area contributed by atoms with E-state index in [-0.39, 0.29) is 18.1 Å². The minimum absolute atomic E-state index is 0.0510. The Balaban J connectivity index is 2.50. The van der Waals surface area contributed by atoms with Crippen LogP contribution in [0.2, 0.25) is 0 Å². The van der Waals surface area contributed by atoms with Crippen molar-refractivity contribution in [3.63, 3.8) is 0 Å². The molecule has 0 spiro atoms. The van der Waals surface area contributed by atoms with Gasteiger partial charge in [-0.1, -0.05) is 20.8 Å². The molecule has 21 heavy (non-hydrogen) atoms. The lowest BCUT2D eigenvalue weighted by atomic mass is 9.95. The van der Waals surface area contributed by atoms with Crippen molar-refractivity contribution in [2.24, 2.45) is 0 Å². The van der Waals surface area contributed by atoms with Crippen LogP contribution in [-0.2, 0) is 10.2 Å². The molecule has 6 nitrogen and oxygen atoms in total. The molecule has 0 bridgehead atoms. The van der Waals surface area contributed by atoms with Crippen LogP contribution in [0.3, 0.4) is 0 Å². The maximum atomic E-state index is 9.59. The lowest BCUT2D eigenvalue weighted by Crippen LogP contribution is -2.48. The number of hydrogen-bond acceptors (Lipinski definition) is 6. The Bertz CT molecular complexity index is 499. The van der Waals surface area contributed by atoms with Crippen molar-refractivity contribution in [2.75, 3.05) is 43.6 Å². The summed E-state index contributed by atoms with van der Waals surface area (Å²) in [5.41, 5.74) is 0.876. The van der Waals surface area contributed by atoms with Crippen molar-refractivity contribution in [3.05, 3.63) is 11.4 Å². The van der Waals surface area contributed by atoms with Crippen LogP contribution in [0.1, 0.15) is 32.2 Å². The highest BCUT2D eigenvalue weighted by Gasteiger charge is 2.28. The van der Waals surface area contributed by atoms with Gasteiger partial charge in [-0.05, 0) is 6.92 Å². The Hall–Kier alpha value is -1.40. The first kappa shape index (κ1) is 16.0. The smallest absolute Gasteiger partial charge is 0.138 e. The zero-order valence-corrected chi connectivity index (χ0v) is 13.6. The maximum Gasteiger partial charge on any atom is 0.138 e. The molecule has 2 heterocycles. The molecule has 0 aromatic carbocycles. The standard InChI is InChI=1S/C15H26N4O2/c1-10-12(16-5)17-14(15(2,3)4)18-13(10)19-6-7-21-9-11(19)8-20/h11,20H,6-9H2,1-5H3,(H,16,17,18). The molecule has 1 aromatic heterocycles. The van der Waals surface area contributed by atoms with Gasteiger partial charge in [0.1, 0.15) is 17.5 Å². The monoisotopic (exact) mass is 294 g/mol. The SMILES string of the molecule is CNc1nc(C(C)(C)C)nc(N2CCOCC2CO)c1C. The van der Waals surface area contributed by atoms with E-state index in [0.29, 0.717) is 13.2 Å². The van der Waals surface area contributed by atoms with Gasteiger partial charge in [0.2, 0.25) is 0 Å². The molecule has 1 aromatic rings. The van der Waals surface area contributed by atoms with E-state index in [0.717, 1.165) is 29.6 Å². The molecule has 0 aliphatic carbocycles. The molecule has 1 saturated heterocycles. The zero-order chi connectivity index (χ0) is 15.6. The van der Waals surface area contributed by atoms with Crippen LogP contribution in [0, 0.1) is 6.92 Å². The van der Waals surface area contributed by atoms with Crippen LogP contribution in [0.4, 0.5) is 11.6 Å². The first-order chi connectivity index (χ1) is 9.88. The average molecular weight is 294 g/mol. The Morgan fingerprint density at radius 2 is 2.10 bits per heavy atom. The molecule has 0 amide bonds. The largest absolute Gasteiger partial charge is 0.394 e. The third kappa shape index (κ3) is 3.27. The fourth-order valence-corrected chi connectivity index (χ4v) is 2.45. The number of morpholine rings is 1. The number of aromatic nitrogens is 2. The second-order valence-corrected chi connectivity index (χ2v) is 6.45. The van der Waals surface area contributed by atoms with Crippen molar-refractivity contribution >= 4 is 11.6 Å². The molecule has 118 valence electrons. The van der Waals surface area contributed by atoms with Crippen molar-refractivity contribution in [3.8, 4) is 0 Å². The van der Waals surface area contributed by atoms with Crippen molar-refractivity contribution in [1.82, 2.24) is 9.97 Å². The molecule has 1 atom stereocenters. The molecule has 2 rings (SSSR count). The van der Waals surface area contributed by atoms with Crippen LogP contribution in [-0.4, -0.2) is 54.5 Å². The average Bonchev–Trinajstić information content (AvgIpc) is 2.46. The Morgan fingerprint density at radius 3 is 2.67 bits per heavy atom. The van der Waals surface area contributed by atoms with E-state index in [2.05, 4.69) is 36.0 Å². The van der Waals surface area contributed by atoms with Crippen molar-refractivity contribution in [1.29, 1.82) is 0 Å². The fraction of sp³-hybridized carbons (Fsp3) is 0.733. The van der Waals surface area contributed by atoms with Crippen molar-refractivity contribution < 1.29 is 9.84 Å². The molecular formula is C15H26N4O2. The zero-order valence-electron chi connectivity index (χ0n) is 13.6. The Morgan fingerprint density at radius 1 is 1.38 bits per heavy atom. The number of anilines is 2. The summed E-state index contributed by atoms with van der Waals surface area (Å²) in [6, 6.07) is -0.0510. The van der Waals surface area contributed by atoms with E-state index >= 15 is 0 Å². The Kier molecular flexibility index (Phi) is 4.68. The molecule has 1 aliphatic heterocycles. The highest BCUT2D eigenvalue weighted by Crippen LogP contribution is 2.30. The summed E-state index contributed by atoms with van der Waals surface area (Å²) < 4.78 is 5.46. The van der Waals surface area contributed by atoms with Gasteiger partial charge in [0, 0.05) is 24.6 Å². The highest BCUT2D eigenvalue weighted by atomic mass is 16.5. The van der Waals surface area contributed by atoms with Gasteiger partial charge in [0.15, 0.2) is 0 Å². The molecule has 2 N–H and O–H groups in total. The van der Waals surface area contributed by atoms with E-state index in [1.54, 1.807) is 0 Å². The van der Waals surface area contributed by atoms with Gasteiger partial charge < -0.3 is 20.1 Å². The number of ether oxygens (including phenoxy) is 1. The number of aliphatic hydroxyl groups excluding tert-OH is 1. The molecule has 0 saturated carbocycles. The van der Waals surface area contributed by atoms with Gasteiger partial charge in [-0.2, -0.15) is 0 Å². The summed E-state index contributed by atoms with van der Waals surface area (Å²) in [7, 11) is 1.87. The highest BCUT2D eigenvalue weighted by molar-refractivity contribution is 5.59. The van der Waals surface area contributed by atoms with Gasteiger partial charge in [0.05, 0.1) is 25.9 Å². The third-order valence-electron chi connectivity index (χ3n) is 3.74. The van der Waals surface area contributed by atoms with Gasteiger partial charge in [-0.15, -0.1) is 0 Å². The summed E-state index contributed by atoms with van der Waals surface area (Å²) in [6.07, 6.45) is 0. The summed E-state index contributed by atoms with van der Waals surface area (Å²) in [6.45, 7) is 10.3. The number of rotatable bonds is 3. The first-order valence-electron chi connectivity index (χ1n) is 7.40. The summed E-state index contributed by atoms with van der Waals surface area (Å²) in [5.74, 6) is 2.53.